The van der Waals surface area contributed by atoms with Gasteiger partial charge in [0, 0.05) is 12.7 Å². The number of anilines is 1. The van der Waals surface area contributed by atoms with Gasteiger partial charge in [0.2, 0.25) is 0 Å². The molecule has 0 aliphatic heterocycles. The lowest BCUT2D eigenvalue weighted by Gasteiger charge is -2.36. The summed E-state index contributed by atoms with van der Waals surface area (Å²) in [4.78, 5) is 18.1. The van der Waals surface area contributed by atoms with Crippen LogP contribution in [0.5, 0.6) is 0 Å². The zero-order valence-corrected chi connectivity index (χ0v) is 14.2. The molecule has 1 amide bonds. The van der Waals surface area contributed by atoms with E-state index in [0.29, 0.717) is 17.9 Å². The molecule has 0 saturated carbocycles. The van der Waals surface area contributed by atoms with Crippen molar-refractivity contribution in [2.75, 3.05) is 11.4 Å². The van der Waals surface area contributed by atoms with E-state index in [4.69, 9.17) is 12.2 Å². The van der Waals surface area contributed by atoms with E-state index in [9.17, 15) is 4.79 Å². The summed E-state index contributed by atoms with van der Waals surface area (Å²) in [7, 11) is 0. The predicted octanol–water partition coefficient (Wildman–Crippen LogP) is 3.03. The topological polar surface area (TPSA) is 59.2 Å². The molecule has 24 heavy (non-hydrogen) atoms. The Morgan fingerprint density at radius 3 is 2.58 bits per heavy atom. The van der Waals surface area contributed by atoms with Crippen LogP contribution < -0.4 is 10.6 Å². The number of nitrogens with zero attached hydrogens (tertiary/aromatic N) is 2. The molecule has 4 heteroatoms. The fourth-order valence-corrected chi connectivity index (χ4v) is 2.62. The number of nitrogens with two attached hydrogens (primary N) is 1. The number of aryl methyl sites for hydroxylation is 1. The van der Waals surface area contributed by atoms with E-state index in [0.717, 1.165) is 12.8 Å². The van der Waals surface area contributed by atoms with Crippen molar-refractivity contribution in [1.82, 2.24) is 4.98 Å². The van der Waals surface area contributed by atoms with Gasteiger partial charge in [0.15, 0.2) is 0 Å². The molecule has 0 aliphatic carbocycles. The van der Waals surface area contributed by atoms with Crippen molar-refractivity contribution in [1.29, 1.82) is 0 Å². The Balaban J connectivity index is 2.24. The molecule has 2 N–H and O–H groups in total. The van der Waals surface area contributed by atoms with Crippen LogP contribution in [0.3, 0.4) is 0 Å². The fraction of sp³-hybridized carbons (Fsp3) is 0.300. The van der Waals surface area contributed by atoms with E-state index in [1.54, 1.807) is 18.3 Å². The first-order chi connectivity index (χ1) is 11.5. The SMILES string of the molecule is C#CC(C)(C)N(CCCc1ccccc1)c1ncccc1C(N)=O. The highest BCUT2D eigenvalue weighted by Crippen LogP contribution is 2.25. The van der Waals surface area contributed by atoms with Crippen LogP contribution in [0.15, 0.2) is 48.7 Å². The van der Waals surface area contributed by atoms with E-state index >= 15 is 0 Å². The molecule has 1 aromatic carbocycles. The second kappa shape index (κ2) is 7.65. The maximum Gasteiger partial charge on any atom is 0.252 e. The van der Waals surface area contributed by atoms with Crippen molar-refractivity contribution in [3.63, 3.8) is 0 Å². The Morgan fingerprint density at radius 2 is 1.96 bits per heavy atom. The van der Waals surface area contributed by atoms with Crippen LogP contribution in [0.1, 0.15) is 36.2 Å². The molecule has 0 unspecified atom stereocenters. The van der Waals surface area contributed by atoms with Gasteiger partial charge < -0.3 is 10.6 Å². The second-order valence-corrected chi connectivity index (χ2v) is 6.18. The normalized spacial score (nSPS) is 10.9. The smallest absolute Gasteiger partial charge is 0.252 e. The van der Waals surface area contributed by atoms with Gasteiger partial charge in [-0.05, 0) is 44.4 Å². The van der Waals surface area contributed by atoms with Gasteiger partial charge in [0.1, 0.15) is 5.82 Å². The van der Waals surface area contributed by atoms with E-state index in [2.05, 4.69) is 23.0 Å². The zero-order valence-electron chi connectivity index (χ0n) is 14.2. The summed E-state index contributed by atoms with van der Waals surface area (Å²) in [5.41, 5.74) is 6.59. The van der Waals surface area contributed by atoms with Gasteiger partial charge >= 0.3 is 0 Å². The average molecular weight is 321 g/mol. The average Bonchev–Trinajstić information content (AvgIpc) is 2.59. The summed E-state index contributed by atoms with van der Waals surface area (Å²) in [6.07, 6.45) is 9.19. The Kier molecular flexibility index (Phi) is 5.59. The fourth-order valence-electron chi connectivity index (χ4n) is 2.62. The van der Waals surface area contributed by atoms with Crippen molar-refractivity contribution in [3.8, 4) is 12.3 Å². The Bertz CT molecular complexity index is 732. The van der Waals surface area contributed by atoms with Gasteiger partial charge in [-0.15, -0.1) is 6.42 Å². The lowest BCUT2D eigenvalue weighted by Crippen LogP contribution is -2.45. The third-order valence-electron chi connectivity index (χ3n) is 4.03. The molecule has 0 fully saturated rings. The first kappa shape index (κ1) is 17.6. The largest absolute Gasteiger partial charge is 0.365 e. The summed E-state index contributed by atoms with van der Waals surface area (Å²) in [6, 6.07) is 13.7. The lowest BCUT2D eigenvalue weighted by atomic mass is 10.0. The van der Waals surface area contributed by atoms with Crippen molar-refractivity contribution in [3.05, 3.63) is 59.8 Å². The van der Waals surface area contributed by atoms with Gasteiger partial charge in [0.25, 0.3) is 5.91 Å². The van der Waals surface area contributed by atoms with E-state index < -0.39 is 11.4 Å². The number of hydrogen-bond donors (Lipinski definition) is 1. The number of rotatable bonds is 7. The summed E-state index contributed by atoms with van der Waals surface area (Å²) in [6.45, 7) is 4.56. The number of benzene rings is 1. The van der Waals surface area contributed by atoms with Gasteiger partial charge in [-0.2, -0.15) is 0 Å². The first-order valence-electron chi connectivity index (χ1n) is 8.00. The number of terminal acetylenes is 1. The first-order valence-corrected chi connectivity index (χ1v) is 8.00. The number of aromatic nitrogens is 1. The highest BCUT2D eigenvalue weighted by molar-refractivity contribution is 5.97. The highest BCUT2D eigenvalue weighted by atomic mass is 16.1. The Labute approximate surface area is 143 Å². The number of hydrogen-bond acceptors (Lipinski definition) is 3. The van der Waals surface area contributed by atoms with Crippen LogP contribution >= 0.6 is 0 Å². The number of pyridine rings is 1. The highest BCUT2D eigenvalue weighted by Gasteiger charge is 2.28. The van der Waals surface area contributed by atoms with Gasteiger partial charge in [-0.1, -0.05) is 36.3 Å². The quantitative estimate of drug-likeness (QED) is 0.798. The molecule has 0 saturated heterocycles. The minimum absolute atomic E-state index is 0.389. The third kappa shape index (κ3) is 4.14. The molecule has 1 aromatic heterocycles. The Hall–Kier alpha value is -2.80. The molecular weight excluding hydrogens is 298 g/mol. The van der Waals surface area contributed by atoms with Crippen molar-refractivity contribution in [2.45, 2.75) is 32.2 Å². The summed E-state index contributed by atoms with van der Waals surface area (Å²) < 4.78 is 0. The minimum atomic E-state index is -0.574. The van der Waals surface area contributed by atoms with Crippen molar-refractivity contribution >= 4 is 11.7 Å². The lowest BCUT2D eigenvalue weighted by molar-refractivity contribution is 0.100. The Morgan fingerprint density at radius 1 is 1.25 bits per heavy atom. The van der Waals surface area contributed by atoms with E-state index in [1.807, 2.05) is 36.9 Å². The van der Waals surface area contributed by atoms with Crippen LogP contribution in [0, 0.1) is 12.3 Å². The molecule has 1 heterocycles. The molecule has 0 bridgehead atoms. The second-order valence-electron chi connectivity index (χ2n) is 6.18. The van der Waals surface area contributed by atoms with Gasteiger partial charge in [-0.25, -0.2) is 4.98 Å². The molecule has 0 atom stereocenters. The monoisotopic (exact) mass is 321 g/mol. The van der Waals surface area contributed by atoms with E-state index in [1.165, 1.54) is 5.56 Å². The summed E-state index contributed by atoms with van der Waals surface area (Å²) >= 11 is 0. The maximum atomic E-state index is 11.7. The molecule has 124 valence electrons. The van der Waals surface area contributed by atoms with Gasteiger partial charge in [-0.3, -0.25) is 4.79 Å². The summed E-state index contributed by atoms with van der Waals surface area (Å²) in [5.74, 6) is 2.83. The third-order valence-corrected chi connectivity index (χ3v) is 4.03. The van der Waals surface area contributed by atoms with E-state index in [-0.39, 0.29) is 0 Å². The predicted molar refractivity (Wildman–Crippen MR) is 97.8 cm³/mol. The maximum absolute atomic E-state index is 11.7. The zero-order chi connectivity index (χ0) is 17.6. The molecule has 2 rings (SSSR count). The van der Waals surface area contributed by atoms with Crippen LogP contribution in [-0.4, -0.2) is 23.0 Å². The molecular formula is C20H23N3O. The standard InChI is InChI=1S/C20H23N3O/c1-4-20(2,3)23(15-9-12-16-10-6-5-7-11-16)19-17(18(21)24)13-8-14-22-19/h1,5-8,10-11,13-14H,9,12,15H2,2-3H3,(H2,21,24). The van der Waals surface area contributed by atoms with Crippen LogP contribution in [0.25, 0.3) is 0 Å². The number of amides is 1. The molecule has 0 radical (unpaired) electrons. The van der Waals surface area contributed by atoms with Crippen LogP contribution in [0.2, 0.25) is 0 Å². The van der Waals surface area contributed by atoms with Crippen LogP contribution in [-0.2, 0) is 6.42 Å². The van der Waals surface area contributed by atoms with Crippen molar-refractivity contribution in [2.24, 2.45) is 5.73 Å². The minimum Gasteiger partial charge on any atom is -0.365 e. The van der Waals surface area contributed by atoms with Gasteiger partial charge in [0.05, 0.1) is 11.1 Å². The molecule has 2 aromatic rings. The van der Waals surface area contributed by atoms with Crippen molar-refractivity contribution < 1.29 is 4.79 Å². The number of carbonyl (C=O) groups excluding carboxylic acids is 1. The number of carbonyl (C=O) groups is 1. The molecule has 0 spiro atoms. The molecule has 4 nitrogen and oxygen atoms in total. The van der Waals surface area contributed by atoms with Crippen LogP contribution in [0.4, 0.5) is 5.82 Å². The summed E-state index contributed by atoms with van der Waals surface area (Å²) in [5, 5.41) is 0. The molecule has 0 aliphatic rings. The number of primary amides is 1.